The maximum atomic E-state index is 13.4. The third-order valence-electron chi connectivity index (χ3n) is 6.06. The smallest absolute Gasteiger partial charge is 0.327 e. The number of hydrogen-bond donors (Lipinski definition) is 2. The van der Waals surface area contributed by atoms with Gasteiger partial charge < -0.3 is 19.7 Å². The molecule has 0 saturated heterocycles. The van der Waals surface area contributed by atoms with Gasteiger partial charge in [0.05, 0.1) is 5.25 Å². The van der Waals surface area contributed by atoms with Crippen molar-refractivity contribution >= 4 is 28.6 Å². The summed E-state index contributed by atoms with van der Waals surface area (Å²) in [4.78, 5) is 27.5. The zero-order chi connectivity index (χ0) is 23.5. The first kappa shape index (κ1) is 23.1. The summed E-state index contributed by atoms with van der Waals surface area (Å²) in [7, 11) is 0.164. The second-order valence-corrected chi connectivity index (χ2v) is 10.1. The van der Waals surface area contributed by atoms with Gasteiger partial charge in [0.15, 0.2) is 11.5 Å². The molecule has 33 heavy (non-hydrogen) atoms. The Labute approximate surface area is 196 Å². The Hall–Kier alpha value is -3.07. The van der Waals surface area contributed by atoms with E-state index in [0.29, 0.717) is 35.4 Å². The summed E-state index contributed by atoms with van der Waals surface area (Å²) in [6.45, 7) is 4.32. The number of amides is 3. The highest BCUT2D eigenvalue weighted by atomic mass is 32.2. The fourth-order valence-corrected chi connectivity index (χ4v) is 5.42. The summed E-state index contributed by atoms with van der Waals surface area (Å²) in [5.41, 5.74) is 1.52. The first-order chi connectivity index (χ1) is 15.8. The van der Waals surface area contributed by atoms with Crippen LogP contribution >= 0.6 is 0 Å². The number of nitrogens with one attached hydrogen (secondary N) is 2. The van der Waals surface area contributed by atoms with E-state index in [9.17, 15) is 13.8 Å². The lowest BCUT2D eigenvalue weighted by Crippen LogP contribution is -2.52. The Morgan fingerprint density at radius 1 is 1.12 bits per heavy atom. The van der Waals surface area contributed by atoms with Crippen molar-refractivity contribution in [2.24, 2.45) is 11.8 Å². The molecule has 1 aliphatic heterocycles. The first-order valence-corrected chi connectivity index (χ1v) is 12.2. The first-order valence-electron chi connectivity index (χ1n) is 11.0. The molecule has 4 unspecified atom stereocenters. The zero-order valence-corrected chi connectivity index (χ0v) is 19.8. The average molecular weight is 472 g/mol. The monoisotopic (exact) mass is 471 g/mol. The summed E-state index contributed by atoms with van der Waals surface area (Å²) in [5, 5.41) is 2.70. The van der Waals surface area contributed by atoms with Crippen LogP contribution < -0.4 is 24.4 Å². The molecule has 1 heterocycles. The molecule has 2 N–H and O–H groups in total. The van der Waals surface area contributed by atoms with E-state index in [-0.39, 0.29) is 18.0 Å². The van der Waals surface area contributed by atoms with E-state index in [4.69, 9.17) is 9.47 Å². The molecule has 0 aromatic heterocycles. The maximum Gasteiger partial charge on any atom is 0.327 e. The number of anilines is 1. The lowest BCUT2D eigenvalue weighted by Gasteiger charge is -2.25. The van der Waals surface area contributed by atoms with Gasteiger partial charge in [0.2, 0.25) is 12.7 Å². The Kier molecular flexibility index (Phi) is 6.88. The van der Waals surface area contributed by atoms with Crippen molar-refractivity contribution in [3.63, 3.8) is 0 Å². The molecule has 2 aromatic carbocycles. The number of nitrogens with zero attached hydrogens (tertiary/aromatic N) is 1. The fourth-order valence-electron chi connectivity index (χ4n) is 4.00. The summed E-state index contributed by atoms with van der Waals surface area (Å²) in [6.07, 6.45) is 1.14. The number of carbonyl (C=O) groups is 2. The van der Waals surface area contributed by atoms with Crippen LogP contribution in [0.3, 0.4) is 0 Å². The van der Waals surface area contributed by atoms with E-state index >= 15 is 0 Å². The number of ether oxygens (including phenoxy) is 2. The van der Waals surface area contributed by atoms with Crippen LogP contribution in [0.4, 0.5) is 10.5 Å². The summed E-state index contributed by atoms with van der Waals surface area (Å²) in [6, 6.07) is 13.2. The van der Waals surface area contributed by atoms with Crippen molar-refractivity contribution < 1.29 is 23.3 Å². The zero-order valence-electron chi connectivity index (χ0n) is 18.9. The molecule has 9 heteroatoms. The van der Waals surface area contributed by atoms with Gasteiger partial charge in [-0.25, -0.2) is 9.00 Å². The molecule has 0 bridgehead atoms. The molecule has 2 aromatic rings. The van der Waals surface area contributed by atoms with Gasteiger partial charge in [0, 0.05) is 25.2 Å². The highest BCUT2D eigenvalue weighted by Gasteiger charge is 2.44. The Morgan fingerprint density at radius 2 is 1.85 bits per heavy atom. The fraction of sp³-hybridized carbons (Fsp3) is 0.417. The van der Waals surface area contributed by atoms with E-state index in [1.165, 1.54) is 4.90 Å². The molecule has 1 saturated carbocycles. The van der Waals surface area contributed by atoms with E-state index in [1.54, 1.807) is 25.2 Å². The highest BCUT2D eigenvalue weighted by Crippen LogP contribution is 2.40. The van der Waals surface area contributed by atoms with Crippen LogP contribution in [0.5, 0.6) is 11.5 Å². The number of likely N-dealkylation sites (N-methyl/N-ethyl adjacent to an activating group) is 1. The molecule has 0 spiro atoms. The predicted octanol–water partition coefficient (Wildman–Crippen LogP) is 3.00. The van der Waals surface area contributed by atoms with E-state index in [1.807, 2.05) is 30.3 Å². The van der Waals surface area contributed by atoms with Gasteiger partial charge in [0.25, 0.3) is 0 Å². The van der Waals surface area contributed by atoms with Gasteiger partial charge in [0.1, 0.15) is 17.0 Å². The average Bonchev–Trinajstić information content (AvgIpc) is 3.49. The van der Waals surface area contributed by atoms with E-state index in [2.05, 4.69) is 23.9 Å². The van der Waals surface area contributed by atoms with Crippen LogP contribution in [-0.2, 0) is 22.2 Å². The standard InChI is InChI=1S/C24H29N3O5S/c1-15(2)18-13-22(18)33(30)26-24(29)25-19(11-16-7-5-4-6-8-16)23(28)27(3)17-9-10-20-21(12-17)32-14-31-20/h4-10,12,15,18-19,22H,11,13-14H2,1-3H3,(H2,25,26,29). The number of fused-ring (bicyclic) bond motifs is 1. The summed E-state index contributed by atoms with van der Waals surface area (Å²) >= 11 is 0. The van der Waals surface area contributed by atoms with Crippen LogP contribution in [0.15, 0.2) is 48.5 Å². The van der Waals surface area contributed by atoms with Crippen molar-refractivity contribution in [1.29, 1.82) is 0 Å². The molecule has 4 atom stereocenters. The number of carbonyl (C=O) groups excluding carboxylic acids is 2. The molecule has 0 radical (unpaired) electrons. The molecule has 2 aliphatic rings. The highest BCUT2D eigenvalue weighted by molar-refractivity contribution is 7.84. The molecule has 3 amide bonds. The number of hydrogen-bond acceptors (Lipinski definition) is 5. The minimum Gasteiger partial charge on any atom is -0.454 e. The van der Waals surface area contributed by atoms with Crippen LogP contribution in [0.2, 0.25) is 0 Å². The number of urea groups is 1. The third-order valence-corrected chi connectivity index (χ3v) is 7.54. The molecule has 4 rings (SSSR count). The second-order valence-electron chi connectivity index (χ2n) is 8.73. The Bertz CT molecular complexity index is 1050. The number of rotatable bonds is 8. The van der Waals surface area contributed by atoms with Crippen LogP contribution in [-0.4, -0.2) is 41.3 Å². The van der Waals surface area contributed by atoms with Crippen molar-refractivity contribution in [3.05, 3.63) is 54.1 Å². The third kappa shape index (κ3) is 5.47. The van der Waals surface area contributed by atoms with Crippen LogP contribution in [0, 0.1) is 11.8 Å². The van der Waals surface area contributed by atoms with Gasteiger partial charge in [-0.1, -0.05) is 44.2 Å². The predicted molar refractivity (Wildman–Crippen MR) is 126 cm³/mol. The minimum atomic E-state index is -1.48. The van der Waals surface area contributed by atoms with Gasteiger partial charge in [-0.3, -0.25) is 9.52 Å². The Balaban J connectivity index is 1.46. The van der Waals surface area contributed by atoms with Crippen molar-refractivity contribution in [2.75, 3.05) is 18.7 Å². The number of benzene rings is 2. The van der Waals surface area contributed by atoms with Crippen LogP contribution in [0.1, 0.15) is 25.8 Å². The molecule has 176 valence electrons. The van der Waals surface area contributed by atoms with Gasteiger partial charge in [-0.2, -0.15) is 0 Å². The molecule has 8 nitrogen and oxygen atoms in total. The molecular formula is C24H29N3O5S. The Morgan fingerprint density at radius 3 is 2.55 bits per heavy atom. The van der Waals surface area contributed by atoms with Gasteiger partial charge in [-0.05, 0) is 36.0 Å². The minimum absolute atomic E-state index is 0.0321. The largest absolute Gasteiger partial charge is 0.454 e. The SMILES string of the molecule is CC(C)C1CC1S(=O)NC(=O)NC(Cc1ccccc1)C(=O)N(C)c1ccc2c(c1)OCO2. The summed E-state index contributed by atoms with van der Waals surface area (Å²) < 4.78 is 25.8. The van der Waals surface area contributed by atoms with Gasteiger partial charge in [-0.15, -0.1) is 0 Å². The summed E-state index contributed by atoms with van der Waals surface area (Å²) in [5.74, 6) is 1.67. The molecule has 1 fully saturated rings. The van der Waals surface area contributed by atoms with Gasteiger partial charge >= 0.3 is 6.03 Å². The van der Waals surface area contributed by atoms with E-state index < -0.39 is 23.1 Å². The molecule has 1 aliphatic carbocycles. The van der Waals surface area contributed by atoms with Crippen LogP contribution in [0.25, 0.3) is 0 Å². The van der Waals surface area contributed by atoms with Crippen molar-refractivity contribution in [1.82, 2.24) is 10.0 Å². The van der Waals surface area contributed by atoms with Crippen molar-refractivity contribution in [3.8, 4) is 11.5 Å². The second kappa shape index (κ2) is 9.82. The molecular weight excluding hydrogens is 442 g/mol. The van der Waals surface area contributed by atoms with E-state index in [0.717, 1.165) is 12.0 Å². The normalized spacial score (nSPS) is 20.1. The quantitative estimate of drug-likeness (QED) is 0.617. The maximum absolute atomic E-state index is 13.4. The van der Waals surface area contributed by atoms with Crippen molar-refractivity contribution in [2.45, 2.75) is 38.0 Å². The lowest BCUT2D eigenvalue weighted by atomic mass is 10.0. The lowest BCUT2D eigenvalue weighted by molar-refractivity contribution is -0.120. The topological polar surface area (TPSA) is 97.0 Å².